The zero-order chi connectivity index (χ0) is 20.3. The van der Waals surface area contributed by atoms with E-state index in [9.17, 15) is 5.26 Å². The lowest BCUT2D eigenvalue weighted by Crippen LogP contribution is -2.06. The van der Waals surface area contributed by atoms with Crippen molar-refractivity contribution in [2.24, 2.45) is 0 Å². The first-order valence-corrected chi connectivity index (χ1v) is 8.64. The molecule has 0 aliphatic rings. The van der Waals surface area contributed by atoms with Crippen LogP contribution in [0.25, 0.3) is 11.3 Å². The molecule has 0 fully saturated rings. The van der Waals surface area contributed by atoms with E-state index < -0.39 is 0 Å². The number of aryl methyl sites for hydroxylation is 1. The summed E-state index contributed by atoms with van der Waals surface area (Å²) >= 11 is 0. The summed E-state index contributed by atoms with van der Waals surface area (Å²) in [7, 11) is 1.60. The number of rotatable bonds is 5. The monoisotopic (exact) mass is 375 g/mol. The van der Waals surface area contributed by atoms with Gasteiger partial charge in [0.05, 0.1) is 12.8 Å². The zero-order valence-corrected chi connectivity index (χ0v) is 16.0. The van der Waals surface area contributed by atoms with Crippen molar-refractivity contribution in [3.63, 3.8) is 0 Å². The second-order valence-corrected chi connectivity index (χ2v) is 6.32. The van der Waals surface area contributed by atoms with E-state index in [0.717, 1.165) is 22.4 Å². The largest absolute Gasteiger partial charge is 0.496 e. The normalized spacial score (nSPS) is 10.4. The molecule has 4 N–H and O–H groups in total. The summed E-state index contributed by atoms with van der Waals surface area (Å²) < 4.78 is 11.5. The smallest absolute Gasteiger partial charge is 0.222 e. The minimum atomic E-state index is 0.00973. The maximum absolute atomic E-state index is 9.43. The van der Waals surface area contributed by atoms with Crippen LogP contribution in [0.5, 0.6) is 11.5 Å². The van der Waals surface area contributed by atoms with E-state index in [0.29, 0.717) is 23.6 Å². The van der Waals surface area contributed by atoms with Crippen molar-refractivity contribution in [3.05, 3.63) is 58.7 Å². The van der Waals surface area contributed by atoms with Crippen LogP contribution in [0.3, 0.4) is 0 Å². The Kier molecular flexibility index (Phi) is 5.32. The number of ether oxygens (including phenoxy) is 2. The summed E-state index contributed by atoms with van der Waals surface area (Å²) in [6.07, 6.45) is 0. The molecule has 1 heterocycles. The molecule has 0 saturated heterocycles. The van der Waals surface area contributed by atoms with Crippen molar-refractivity contribution in [3.8, 4) is 28.8 Å². The fourth-order valence-electron chi connectivity index (χ4n) is 2.89. The summed E-state index contributed by atoms with van der Waals surface area (Å²) in [6, 6.07) is 13.4. The highest BCUT2D eigenvalue weighted by atomic mass is 16.5. The van der Waals surface area contributed by atoms with Gasteiger partial charge in [-0.25, -0.2) is 4.98 Å². The van der Waals surface area contributed by atoms with E-state index in [4.69, 9.17) is 20.9 Å². The maximum Gasteiger partial charge on any atom is 0.222 e. The summed E-state index contributed by atoms with van der Waals surface area (Å²) in [5.41, 5.74) is 15.8. The first kappa shape index (κ1) is 19.0. The van der Waals surface area contributed by atoms with Crippen LogP contribution >= 0.6 is 0 Å². The highest BCUT2D eigenvalue weighted by Gasteiger charge is 2.15. The minimum Gasteiger partial charge on any atom is -0.496 e. The summed E-state index contributed by atoms with van der Waals surface area (Å²) in [5.74, 6) is 1.53. The van der Waals surface area contributed by atoms with E-state index in [1.165, 1.54) is 0 Å². The van der Waals surface area contributed by atoms with Gasteiger partial charge >= 0.3 is 0 Å². The molecule has 0 aliphatic heterocycles. The topological polar surface area (TPSA) is 120 Å². The number of aromatic nitrogens is 2. The van der Waals surface area contributed by atoms with Gasteiger partial charge in [0.1, 0.15) is 35.6 Å². The number of nitriles is 1. The van der Waals surface area contributed by atoms with E-state index in [2.05, 4.69) is 9.97 Å². The Balaban J connectivity index is 2.00. The second kappa shape index (κ2) is 7.84. The lowest BCUT2D eigenvalue weighted by Gasteiger charge is -2.15. The molecule has 3 rings (SSSR count). The number of methoxy groups -OCH3 is 1. The fraction of sp³-hybridized carbons (Fsp3) is 0.190. The first-order chi connectivity index (χ1) is 13.4. The maximum atomic E-state index is 9.43. The quantitative estimate of drug-likeness (QED) is 0.701. The van der Waals surface area contributed by atoms with Crippen molar-refractivity contribution in [1.82, 2.24) is 9.97 Å². The molecule has 142 valence electrons. The van der Waals surface area contributed by atoms with Crippen LogP contribution in [-0.4, -0.2) is 17.1 Å². The van der Waals surface area contributed by atoms with Crippen LogP contribution in [-0.2, 0) is 6.61 Å². The predicted molar refractivity (Wildman–Crippen MR) is 108 cm³/mol. The van der Waals surface area contributed by atoms with Gasteiger partial charge in [0.15, 0.2) is 0 Å². The molecule has 0 atom stereocenters. The molecule has 0 aliphatic carbocycles. The first-order valence-electron chi connectivity index (χ1n) is 8.64. The summed E-state index contributed by atoms with van der Waals surface area (Å²) in [4.78, 5) is 8.05. The minimum absolute atomic E-state index is 0.00973. The highest BCUT2D eigenvalue weighted by Crippen LogP contribution is 2.31. The molecular weight excluding hydrogens is 354 g/mol. The van der Waals surface area contributed by atoms with Crippen LogP contribution < -0.4 is 20.9 Å². The molecule has 0 unspecified atom stereocenters. The standard InChI is InChI=1S/C21H21N5O2/c1-12-5-4-6-17(13(12)2)28-11-15-9-14(7-8-18(15)27-3)19-16(10-22)20(23)26-21(24)25-19/h4-9H,11H2,1-3H3,(H4,23,24,25,26). The third kappa shape index (κ3) is 3.67. The summed E-state index contributed by atoms with van der Waals surface area (Å²) in [5, 5.41) is 9.43. The molecule has 2 aromatic carbocycles. The molecule has 0 spiro atoms. The Morgan fingerprint density at radius 2 is 1.86 bits per heavy atom. The number of hydrogen-bond donors (Lipinski definition) is 2. The average Bonchev–Trinajstić information content (AvgIpc) is 2.68. The Bertz CT molecular complexity index is 1070. The number of nitrogen functional groups attached to an aromatic ring is 2. The second-order valence-electron chi connectivity index (χ2n) is 6.32. The van der Waals surface area contributed by atoms with Gasteiger partial charge < -0.3 is 20.9 Å². The SMILES string of the molecule is COc1ccc(-c2nc(N)nc(N)c2C#N)cc1COc1cccc(C)c1C. The Morgan fingerprint density at radius 1 is 1.07 bits per heavy atom. The highest BCUT2D eigenvalue weighted by molar-refractivity contribution is 5.74. The number of benzene rings is 2. The molecule has 28 heavy (non-hydrogen) atoms. The summed E-state index contributed by atoms with van der Waals surface area (Å²) in [6.45, 7) is 4.35. The van der Waals surface area contributed by atoms with Crippen LogP contribution in [0.2, 0.25) is 0 Å². The Hall–Kier alpha value is -3.79. The lowest BCUT2D eigenvalue weighted by molar-refractivity contribution is 0.294. The Labute approximate surface area is 163 Å². The number of anilines is 2. The molecule has 0 amide bonds. The molecule has 7 heteroatoms. The van der Waals surface area contributed by atoms with Gasteiger partial charge in [-0.3, -0.25) is 0 Å². The Morgan fingerprint density at radius 3 is 2.57 bits per heavy atom. The van der Waals surface area contributed by atoms with E-state index in [1.54, 1.807) is 19.2 Å². The molecular formula is C21H21N5O2. The van der Waals surface area contributed by atoms with E-state index >= 15 is 0 Å². The van der Waals surface area contributed by atoms with Crippen molar-refractivity contribution < 1.29 is 9.47 Å². The number of nitrogens with two attached hydrogens (primary N) is 2. The zero-order valence-electron chi connectivity index (χ0n) is 16.0. The fourth-order valence-corrected chi connectivity index (χ4v) is 2.89. The van der Waals surface area contributed by atoms with Gasteiger partial charge in [-0.05, 0) is 49.2 Å². The van der Waals surface area contributed by atoms with Crippen LogP contribution in [0.1, 0.15) is 22.3 Å². The van der Waals surface area contributed by atoms with E-state index in [-0.39, 0.29) is 17.3 Å². The van der Waals surface area contributed by atoms with Gasteiger partial charge in [0, 0.05) is 11.1 Å². The van der Waals surface area contributed by atoms with E-state index in [1.807, 2.05) is 44.2 Å². The number of nitrogens with zero attached hydrogens (tertiary/aromatic N) is 3. The van der Waals surface area contributed by atoms with Crippen molar-refractivity contribution in [2.75, 3.05) is 18.6 Å². The van der Waals surface area contributed by atoms with Crippen LogP contribution in [0, 0.1) is 25.2 Å². The van der Waals surface area contributed by atoms with Gasteiger partial charge in [-0.15, -0.1) is 0 Å². The molecule has 0 radical (unpaired) electrons. The van der Waals surface area contributed by atoms with Gasteiger partial charge in [-0.2, -0.15) is 10.2 Å². The lowest BCUT2D eigenvalue weighted by atomic mass is 10.0. The molecule has 1 aromatic heterocycles. The third-order valence-corrected chi connectivity index (χ3v) is 4.56. The van der Waals surface area contributed by atoms with Gasteiger partial charge in [0.25, 0.3) is 0 Å². The molecule has 0 saturated carbocycles. The number of hydrogen-bond acceptors (Lipinski definition) is 7. The van der Waals surface area contributed by atoms with Crippen LogP contribution in [0.15, 0.2) is 36.4 Å². The van der Waals surface area contributed by atoms with Gasteiger partial charge in [-0.1, -0.05) is 12.1 Å². The van der Waals surface area contributed by atoms with Crippen molar-refractivity contribution >= 4 is 11.8 Å². The molecule has 3 aromatic rings. The average molecular weight is 375 g/mol. The van der Waals surface area contributed by atoms with Gasteiger partial charge in [0.2, 0.25) is 5.95 Å². The predicted octanol–water partition coefficient (Wildman–Crippen LogP) is 3.38. The van der Waals surface area contributed by atoms with Crippen LogP contribution in [0.4, 0.5) is 11.8 Å². The van der Waals surface area contributed by atoms with Crippen molar-refractivity contribution in [2.45, 2.75) is 20.5 Å². The molecule has 7 nitrogen and oxygen atoms in total. The van der Waals surface area contributed by atoms with Crippen molar-refractivity contribution in [1.29, 1.82) is 5.26 Å². The molecule has 0 bridgehead atoms. The third-order valence-electron chi connectivity index (χ3n) is 4.56.